The van der Waals surface area contributed by atoms with Crippen LogP contribution in [0.25, 0.3) is 0 Å². The summed E-state index contributed by atoms with van der Waals surface area (Å²) in [6.07, 6.45) is 3.46. The Morgan fingerprint density at radius 2 is 1.22 bits per heavy atom. The van der Waals surface area contributed by atoms with Gasteiger partial charge >= 0.3 is 30.9 Å². The van der Waals surface area contributed by atoms with Crippen LogP contribution in [0.2, 0.25) is 0 Å². The Labute approximate surface area is 182 Å². The Morgan fingerprint density at radius 3 is 1.53 bits per heavy atom. The van der Waals surface area contributed by atoms with Crippen molar-refractivity contribution in [3.05, 3.63) is 12.4 Å². The van der Waals surface area contributed by atoms with Crippen LogP contribution in [0, 0.1) is 0 Å². The minimum atomic E-state index is -2.04. The van der Waals surface area contributed by atoms with E-state index in [-0.39, 0.29) is 0 Å². The molecule has 15 heteroatoms. The van der Waals surface area contributed by atoms with Gasteiger partial charge in [-0.2, -0.15) is 0 Å². The monoisotopic (exact) mass is 450 g/mol. The number of cyclic esters (lactones) is 4. The molecule has 2 fully saturated rings. The number of ether oxygens (including phenoxy) is 4. The molecule has 0 aromatic carbocycles. The number of hydrogen-bond acceptors (Lipinski definition) is 12. The summed E-state index contributed by atoms with van der Waals surface area (Å²) in [5.41, 5.74) is -0.632. The lowest BCUT2D eigenvalue weighted by Gasteiger charge is -2.30. The van der Waals surface area contributed by atoms with E-state index in [2.05, 4.69) is 20.9 Å². The van der Waals surface area contributed by atoms with Crippen molar-refractivity contribution in [3.8, 4) is 0 Å². The predicted octanol–water partition coefficient (Wildman–Crippen LogP) is -3.16. The van der Waals surface area contributed by atoms with Gasteiger partial charge in [0.15, 0.2) is 0 Å². The summed E-state index contributed by atoms with van der Waals surface area (Å²) in [6, 6.07) is 0. The first-order chi connectivity index (χ1) is 14.8. The van der Waals surface area contributed by atoms with Gasteiger partial charge in [0.2, 0.25) is 11.4 Å². The lowest BCUT2D eigenvalue weighted by molar-refractivity contribution is -0.653. The first-order valence-electron chi connectivity index (χ1n) is 9.60. The van der Waals surface area contributed by atoms with Crippen LogP contribution < -0.4 is 21.0 Å². The zero-order valence-electron chi connectivity index (χ0n) is 18.4. The Hall–Kier alpha value is -3.91. The molecule has 0 unspecified atom stereocenters. The summed E-state index contributed by atoms with van der Waals surface area (Å²) >= 11 is 0. The smallest absolute Gasteiger partial charge is 0.369 e. The molecule has 0 aliphatic carbocycles. The Kier molecular flexibility index (Phi) is 5.68. The number of esters is 4. The summed E-state index contributed by atoms with van der Waals surface area (Å²) in [6.45, 7) is 3.60. The molecule has 14 nitrogen and oxygen atoms in total. The average molecular weight is 450 g/mol. The molecular formula is C17H23BN6O8. The molecule has 0 amide bonds. The minimum absolute atomic E-state index is 0.578. The van der Waals surface area contributed by atoms with Crippen molar-refractivity contribution in [1.82, 2.24) is 15.2 Å². The van der Waals surface area contributed by atoms with Crippen LogP contribution in [0.5, 0.6) is 0 Å². The van der Waals surface area contributed by atoms with Gasteiger partial charge in [-0.25, -0.2) is 29.4 Å². The third kappa shape index (κ3) is 4.71. The number of aryl methyl sites for hydroxylation is 2. The Bertz CT molecular complexity index is 936. The van der Waals surface area contributed by atoms with Gasteiger partial charge in [0, 0.05) is 27.7 Å². The van der Waals surface area contributed by atoms with Gasteiger partial charge in [0.25, 0.3) is 11.6 Å². The Balaban J connectivity index is 1.88. The second kappa shape index (κ2) is 7.98. The zero-order valence-corrected chi connectivity index (χ0v) is 18.4. The van der Waals surface area contributed by atoms with Crippen LogP contribution in [0.4, 0.5) is 0 Å². The van der Waals surface area contributed by atoms with Crippen LogP contribution in [0.15, 0.2) is 22.6 Å². The third-order valence-corrected chi connectivity index (χ3v) is 4.47. The molecule has 0 radical (unpaired) electrons. The maximum absolute atomic E-state index is 12.1. The summed E-state index contributed by atoms with van der Waals surface area (Å²) in [4.78, 5) is 48.6. The lowest BCUT2D eigenvalue weighted by Crippen LogP contribution is -2.66. The van der Waals surface area contributed by atoms with Gasteiger partial charge in [-0.3, -0.25) is 9.13 Å². The standard InChI is InChI=1S/C17H23BN6O8/c1-16(2)29-11(25)9(12(26)30-16)19-21-18(15-23(5)7-8-24(15)6)22-20-10-13(27)31-17(3,4)32-14(10)28/h7-8,18,21-22H,1-6H3. The second-order valence-electron chi connectivity index (χ2n) is 8.06. The van der Waals surface area contributed by atoms with Crippen molar-refractivity contribution in [2.45, 2.75) is 39.3 Å². The van der Waals surface area contributed by atoms with E-state index in [0.717, 1.165) is 0 Å². The molecule has 2 N–H and O–H groups in total. The quantitative estimate of drug-likeness (QED) is 0.203. The molecule has 0 spiro atoms. The maximum atomic E-state index is 12.1. The van der Waals surface area contributed by atoms with Crippen molar-refractivity contribution >= 4 is 48.0 Å². The molecule has 0 saturated carbocycles. The van der Waals surface area contributed by atoms with E-state index in [1.54, 1.807) is 35.6 Å². The number of hydrazone groups is 2. The molecule has 2 saturated heterocycles. The zero-order chi connectivity index (χ0) is 23.8. The fourth-order valence-corrected chi connectivity index (χ4v) is 3.09. The lowest BCUT2D eigenvalue weighted by atomic mass is 9.77. The van der Waals surface area contributed by atoms with Crippen molar-refractivity contribution in [2.24, 2.45) is 24.3 Å². The van der Waals surface area contributed by atoms with Crippen LogP contribution in [0.3, 0.4) is 0 Å². The topological polar surface area (TPSA) is 163 Å². The van der Waals surface area contributed by atoms with E-state index in [9.17, 15) is 19.2 Å². The summed E-state index contributed by atoms with van der Waals surface area (Å²) < 4.78 is 23.4. The van der Waals surface area contributed by atoms with E-state index in [1.165, 1.54) is 27.7 Å². The van der Waals surface area contributed by atoms with E-state index in [4.69, 9.17) is 18.9 Å². The van der Waals surface area contributed by atoms with E-state index >= 15 is 0 Å². The molecule has 1 aromatic rings. The van der Waals surface area contributed by atoms with Gasteiger partial charge in [0.1, 0.15) is 18.1 Å². The summed E-state index contributed by atoms with van der Waals surface area (Å²) in [5.74, 6) is -6.71. The first-order valence-corrected chi connectivity index (χ1v) is 9.60. The fourth-order valence-electron chi connectivity index (χ4n) is 3.09. The van der Waals surface area contributed by atoms with E-state index in [0.29, 0.717) is 5.72 Å². The average Bonchev–Trinajstić information content (AvgIpc) is 2.95. The number of nitrogens with one attached hydrogen (secondary N) is 2. The number of imidazole rings is 1. The number of rotatable bonds is 5. The third-order valence-electron chi connectivity index (χ3n) is 4.47. The van der Waals surface area contributed by atoms with Gasteiger partial charge in [-0.15, -0.1) is 0 Å². The van der Waals surface area contributed by atoms with Crippen molar-refractivity contribution < 1.29 is 42.7 Å². The highest BCUT2D eigenvalue weighted by atomic mass is 16.8. The highest BCUT2D eigenvalue weighted by Gasteiger charge is 2.42. The van der Waals surface area contributed by atoms with Crippen LogP contribution in [0.1, 0.15) is 27.7 Å². The number of hydrogen-bond donors (Lipinski definition) is 2. The predicted molar refractivity (Wildman–Crippen MR) is 107 cm³/mol. The Morgan fingerprint density at radius 1 is 0.844 bits per heavy atom. The number of carbonyl (C=O) groups excluding carboxylic acids is 4. The molecule has 32 heavy (non-hydrogen) atoms. The highest BCUT2D eigenvalue weighted by molar-refractivity contribution is 6.68. The first kappa shape index (κ1) is 22.8. The van der Waals surface area contributed by atoms with E-state index < -0.39 is 53.9 Å². The van der Waals surface area contributed by atoms with Crippen molar-refractivity contribution in [1.29, 1.82) is 0 Å². The molecule has 172 valence electrons. The summed E-state index contributed by atoms with van der Waals surface area (Å²) in [5, 5.41) is 13.0. The minimum Gasteiger partial charge on any atom is -0.449 e. The maximum Gasteiger partial charge on any atom is 0.369 e. The molecular weight excluding hydrogens is 427 g/mol. The second-order valence-corrected chi connectivity index (χ2v) is 8.06. The highest BCUT2D eigenvalue weighted by Crippen LogP contribution is 2.18. The fraction of sp³-hybridized carbons (Fsp3) is 0.471. The van der Waals surface area contributed by atoms with Crippen molar-refractivity contribution in [2.75, 3.05) is 0 Å². The molecule has 3 rings (SSSR count). The SMILES string of the molecule is Cn1cc[n+](C)c1[BH-](NN=C1C(=O)OC(C)(C)OC1=O)NN=C1C(=O)OC(C)(C)OC1=O. The van der Waals surface area contributed by atoms with Crippen LogP contribution in [-0.4, -0.2) is 58.4 Å². The van der Waals surface area contributed by atoms with Gasteiger partial charge in [0.05, 0.1) is 14.1 Å². The number of aromatic nitrogens is 2. The molecule has 2 aliphatic rings. The number of nitrogens with zero attached hydrogens (tertiary/aromatic N) is 4. The van der Waals surface area contributed by atoms with Crippen LogP contribution >= 0.6 is 0 Å². The van der Waals surface area contributed by atoms with E-state index in [1.807, 2.05) is 0 Å². The summed E-state index contributed by atoms with van der Waals surface area (Å²) in [7, 11) is 3.46. The van der Waals surface area contributed by atoms with Gasteiger partial charge in [-0.1, -0.05) is 0 Å². The molecule has 0 atom stereocenters. The van der Waals surface area contributed by atoms with Crippen molar-refractivity contribution in [3.63, 3.8) is 0 Å². The largest absolute Gasteiger partial charge is 0.449 e. The molecule has 3 heterocycles. The van der Waals surface area contributed by atoms with Gasteiger partial charge in [-0.05, 0) is 0 Å². The van der Waals surface area contributed by atoms with Gasteiger partial charge < -0.3 is 29.6 Å². The normalized spacial score (nSPS) is 19.6. The number of carbonyl (C=O) groups is 4. The molecule has 1 aromatic heterocycles. The van der Waals surface area contributed by atoms with Crippen LogP contribution in [-0.2, 0) is 52.2 Å². The molecule has 2 aliphatic heterocycles. The molecule has 0 bridgehead atoms.